The Labute approximate surface area is 122 Å². The third kappa shape index (κ3) is 3.52. The van der Waals surface area contributed by atoms with E-state index in [1.165, 1.54) is 48.8 Å². The van der Waals surface area contributed by atoms with Crippen LogP contribution in [-0.2, 0) is 0 Å². The first-order chi connectivity index (χ1) is 9.13. The first-order valence-electron chi connectivity index (χ1n) is 7.63. The number of benzene rings is 1. The van der Waals surface area contributed by atoms with E-state index >= 15 is 0 Å². The molecule has 106 valence electrons. The van der Waals surface area contributed by atoms with Gasteiger partial charge in [-0.2, -0.15) is 0 Å². The quantitative estimate of drug-likeness (QED) is 0.782. The average Bonchev–Trinajstić information content (AvgIpc) is 2.89. The van der Waals surface area contributed by atoms with Crippen molar-refractivity contribution in [1.82, 2.24) is 5.32 Å². The fourth-order valence-corrected chi connectivity index (χ4v) is 3.50. The van der Waals surface area contributed by atoms with Crippen LogP contribution in [0.15, 0.2) is 12.1 Å². The molecule has 1 unspecified atom stereocenters. The third-order valence-corrected chi connectivity index (χ3v) is 4.76. The maximum Gasteiger partial charge on any atom is 0.0456 e. The van der Waals surface area contributed by atoms with E-state index in [1.807, 2.05) is 0 Å². The Morgan fingerprint density at radius 1 is 1.21 bits per heavy atom. The summed E-state index contributed by atoms with van der Waals surface area (Å²) in [6, 6.07) is 4.86. The van der Waals surface area contributed by atoms with Gasteiger partial charge in [0.15, 0.2) is 0 Å². The van der Waals surface area contributed by atoms with Crippen LogP contribution in [0.5, 0.6) is 0 Å². The van der Waals surface area contributed by atoms with Crippen molar-refractivity contribution in [1.29, 1.82) is 0 Å². The molecule has 2 heteroatoms. The molecule has 0 amide bonds. The van der Waals surface area contributed by atoms with Crippen molar-refractivity contribution >= 4 is 11.6 Å². The van der Waals surface area contributed by atoms with E-state index in [9.17, 15) is 0 Å². The van der Waals surface area contributed by atoms with Crippen molar-refractivity contribution in [3.63, 3.8) is 0 Å². The highest BCUT2D eigenvalue weighted by Gasteiger charge is 2.27. The van der Waals surface area contributed by atoms with Crippen LogP contribution in [0.1, 0.15) is 61.8 Å². The van der Waals surface area contributed by atoms with Crippen molar-refractivity contribution in [2.45, 2.75) is 58.9 Å². The van der Waals surface area contributed by atoms with Crippen molar-refractivity contribution in [2.24, 2.45) is 5.92 Å². The average molecular weight is 280 g/mol. The van der Waals surface area contributed by atoms with Gasteiger partial charge in [-0.25, -0.2) is 0 Å². The second-order valence-electron chi connectivity index (χ2n) is 5.93. The number of hydrogen-bond donors (Lipinski definition) is 1. The van der Waals surface area contributed by atoms with Gasteiger partial charge in [0.1, 0.15) is 0 Å². The largest absolute Gasteiger partial charge is 0.310 e. The predicted molar refractivity (Wildman–Crippen MR) is 83.9 cm³/mol. The second-order valence-corrected chi connectivity index (χ2v) is 6.34. The summed E-state index contributed by atoms with van der Waals surface area (Å²) in [6.07, 6.45) is 6.59. The Morgan fingerprint density at radius 3 is 2.47 bits per heavy atom. The summed E-state index contributed by atoms with van der Waals surface area (Å²) in [5.41, 5.74) is 3.94. The Morgan fingerprint density at radius 2 is 1.84 bits per heavy atom. The summed E-state index contributed by atoms with van der Waals surface area (Å²) in [6.45, 7) is 7.61. The minimum absolute atomic E-state index is 0.439. The standard InChI is InChI=1S/C17H26ClN/c1-4-9-19-17(14-7-5-6-8-14)15-10-12(2)13(3)11-16(15)18/h10-11,14,17,19H,4-9H2,1-3H3. The van der Waals surface area contributed by atoms with E-state index in [1.54, 1.807) is 0 Å². The molecule has 0 spiro atoms. The molecule has 19 heavy (non-hydrogen) atoms. The van der Waals surface area contributed by atoms with Gasteiger partial charge < -0.3 is 5.32 Å². The van der Waals surface area contributed by atoms with Gasteiger partial charge in [-0.3, -0.25) is 0 Å². The molecule has 1 atom stereocenters. The summed E-state index contributed by atoms with van der Waals surface area (Å²) in [4.78, 5) is 0. The molecule has 0 radical (unpaired) electrons. The molecule has 0 aromatic heterocycles. The van der Waals surface area contributed by atoms with Crippen LogP contribution in [0, 0.1) is 19.8 Å². The third-order valence-electron chi connectivity index (χ3n) is 4.43. The molecule has 1 nitrogen and oxygen atoms in total. The lowest BCUT2D eigenvalue weighted by Gasteiger charge is -2.27. The van der Waals surface area contributed by atoms with Crippen LogP contribution in [0.4, 0.5) is 0 Å². The predicted octanol–water partition coefficient (Wildman–Crippen LogP) is 5.19. The number of rotatable bonds is 5. The molecule has 1 aromatic rings. The van der Waals surface area contributed by atoms with Crippen LogP contribution in [-0.4, -0.2) is 6.54 Å². The lowest BCUT2D eigenvalue weighted by Crippen LogP contribution is -2.28. The first kappa shape index (κ1) is 14.9. The zero-order valence-electron chi connectivity index (χ0n) is 12.4. The molecular weight excluding hydrogens is 254 g/mol. The van der Waals surface area contributed by atoms with Gasteiger partial charge in [0, 0.05) is 11.1 Å². The summed E-state index contributed by atoms with van der Waals surface area (Å²) in [5, 5.41) is 4.66. The van der Waals surface area contributed by atoms with Crippen LogP contribution in [0.25, 0.3) is 0 Å². The molecule has 1 saturated carbocycles. The van der Waals surface area contributed by atoms with Gasteiger partial charge in [0.05, 0.1) is 0 Å². The van der Waals surface area contributed by atoms with E-state index in [4.69, 9.17) is 11.6 Å². The van der Waals surface area contributed by atoms with Gasteiger partial charge in [-0.1, -0.05) is 37.4 Å². The molecular formula is C17H26ClN. The Hall–Kier alpha value is -0.530. The summed E-state index contributed by atoms with van der Waals surface area (Å²) < 4.78 is 0. The Balaban J connectivity index is 2.28. The van der Waals surface area contributed by atoms with E-state index < -0.39 is 0 Å². The molecule has 1 fully saturated rings. The van der Waals surface area contributed by atoms with Crippen LogP contribution in [0.2, 0.25) is 5.02 Å². The van der Waals surface area contributed by atoms with E-state index in [0.29, 0.717) is 6.04 Å². The smallest absolute Gasteiger partial charge is 0.0456 e. The Kier molecular flexibility index (Phi) is 5.29. The monoisotopic (exact) mass is 279 g/mol. The van der Waals surface area contributed by atoms with E-state index in [2.05, 4.69) is 38.2 Å². The summed E-state index contributed by atoms with van der Waals surface area (Å²) in [7, 11) is 0. The number of aryl methyl sites for hydroxylation is 2. The van der Waals surface area contributed by atoms with E-state index in [-0.39, 0.29) is 0 Å². The lowest BCUT2D eigenvalue weighted by molar-refractivity contribution is 0.368. The minimum atomic E-state index is 0.439. The van der Waals surface area contributed by atoms with Gasteiger partial charge in [0.25, 0.3) is 0 Å². The minimum Gasteiger partial charge on any atom is -0.310 e. The fraction of sp³-hybridized carbons (Fsp3) is 0.647. The number of halogens is 1. The highest BCUT2D eigenvalue weighted by Crippen LogP contribution is 2.38. The molecule has 0 bridgehead atoms. The van der Waals surface area contributed by atoms with Gasteiger partial charge in [-0.05, 0) is 68.3 Å². The molecule has 1 aliphatic rings. The second kappa shape index (κ2) is 6.76. The van der Waals surface area contributed by atoms with Gasteiger partial charge in [0.2, 0.25) is 0 Å². The molecule has 1 N–H and O–H groups in total. The maximum atomic E-state index is 6.51. The van der Waals surface area contributed by atoms with Crippen molar-refractivity contribution in [3.8, 4) is 0 Å². The first-order valence-corrected chi connectivity index (χ1v) is 8.01. The fourth-order valence-electron chi connectivity index (χ4n) is 3.16. The van der Waals surface area contributed by atoms with Crippen molar-refractivity contribution in [2.75, 3.05) is 6.54 Å². The molecule has 0 saturated heterocycles. The maximum absolute atomic E-state index is 6.51. The highest BCUT2D eigenvalue weighted by molar-refractivity contribution is 6.31. The molecule has 2 rings (SSSR count). The summed E-state index contributed by atoms with van der Waals surface area (Å²) >= 11 is 6.51. The number of nitrogens with one attached hydrogen (secondary N) is 1. The SMILES string of the molecule is CCCNC(c1cc(C)c(C)cc1Cl)C1CCCC1. The molecule has 0 aliphatic heterocycles. The van der Waals surface area contributed by atoms with Gasteiger partial charge >= 0.3 is 0 Å². The zero-order valence-corrected chi connectivity index (χ0v) is 13.2. The summed E-state index contributed by atoms with van der Waals surface area (Å²) in [5.74, 6) is 0.756. The topological polar surface area (TPSA) is 12.0 Å². The van der Waals surface area contributed by atoms with Crippen LogP contribution in [0.3, 0.4) is 0 Å². The normalized spacial score (nSPS) is 17.9. The van der Waals surface area contributed by atoms with Crippen molar-refractivity contribution in [3.05, 3.63) is 33.8 Å². The molecule has 1 aromatic carbocycles. The Bertz CT molecular complexity index is 422. The lowest BCUT2D eigenvalue weighted by atomic mass is 9.89. The zero-order chi connectivity index (χ0) is 13.8. The van der Waals surface area contributed by atoms with E-state index in [0.717, 1.165) is 17.5 Å². The highest BCUT2D eigenvalue weighted by atomic mass is 35.5. The number of hydrogen-bond acceptors (Lipinski definition) is 1. The van der Waals surface area contributed by atoms with Crippen LogP contribution < -0.4 is 5.32 Å². The van der Waals surface area contributed by atoms with Crippen LogP contribution >= 0.6 is 11.6 Å². The molecule has 0 heterocycles. The molecule has 1 aliphatic carbocycles. The van der Waals surface area contributed by atoms with Crippen molar-refractivity contribution < 1.29 is 0 Å². The van der Waals surface area contributed by atoms with Gasteiger partial charge in [-0.15, -0.1) is 0 Å².